The van der Waals surface area contributed by atoms with Gasteiger partial charge in [0.05, 0.1) is 17.4 Å². The zero-order chi connectivity index (χ0) is 16.4. The predicted molar refractivity (Wildman–Crippen MR) is 83.3 cm³/mol. The fourth-order valence-electron chi connectivity index (χ4n) is 2.12. The quantitative estimate of drug-likeness (QED) is 0.778. The highest BCUT2D eigenvalue weighted by atomic mass is 19.1. The summed E-state index contributed by atoms with van der Waals surface area (Å²) in [5, 5.41) is 5.42. The molecule has 23 heavy (non-hydrogen) atoms. The average molecular weight is 312 g/mol. The molecule has 3 aromatic rings. The van der Waals surface area contributed by atoms with Gasteiger partial charge in [-0.25, -0.2) is 14.1 Å². The van der Waals surface area contributed by atoms with Gasteiger partial charge in [0.2, 0.25) is 0 Å². The minimum atomic E-state index is -0.594. The maximum Gasteiger partial charge on any atom is 0.272 e. The van der Waals surface area contributed by atoms with Gasteiger partial charge in [-0.1, -0.05) is 12.1 Å². The molecule has 0 aliphatic rings. The van der Waals surface area contributed by atoms with Crippen molar-refractivity contribution >= 4 is 11.6 Å². The van der Waals surface area contributed by atoms with E-state index in [2.05, 4.69) is 15.4 Å². The number of aromatic nitrogens is 3. The van der Waals surface area contributed by atoms with Crippen LogP contribution in [0.2, 0.25) is 0 Å². The molecule has 0 saturated heterocycles. The van der Waals surface area contributed by atoms with E-state index in [1.54, 1.807) is 25.1 Å². The van der Waals surface area contributed by atoms with Crippen LogP contribution in [-0.2, 0) is 0 Å². The van der Waals surface area contributed by atoms with E-state index in [1.807, 2.05) is 0 Å². The number of H-pyrrole nitrogens is 1. The molecule has 1 amide bonds. The Morgan fingerprint density at radius 2 is 2.04 bits per heavy atom. The molecule has 2 aromatic heterocycles. The Hall–Kier alpha value is -3.22. The van der Waals surface area contributed by atoms with Crippen molar-refractivity contribution in [2.45, 2.75) is 6.92 Å². The molecule has 0 atom stereocenters. The van der Waals surface area contributed by atoms with Gasteiger partial charge < -0.3 is 5.32 Å². The van der Waals surface area contributed by atoms with Crippen LogP contribution in [-0.4, -0.2) is 20.7 Å². The van der Waals surface area contributed by atoms with E-state index >= 15 is 0 Å². The van der Waals surface area contributed by atoms with Crippen LogP contribution in [0.1, 0.15) is 16.1 Å². The second kappa shape index (κ2) is 5.88. The average Bonchev–Trinajstić information content (AvgIpc) is 2.87. The van der Waals surface area contributed by atoms with Gasteiger partial charge in [0, 0.05) is 11.8 Å². The fourth-order valence-corrected chi connectivity index (χ4v) is 2.12. The third-order valence-electron chi connectivity index (χ3n) is 3.20. The van der Waals surface area contributed by atoms with Crippen molar-refractivity contribution in [1.82, 2.24) is 14.8 Å². The van der Waals surface area contributed by atoms with Crippen molar-refractivity contribution in [1.29, 1.82) is 0 Å². The largest absolute Gasteiger partial charge is 0.320 e. The van der Waals surface area contributed by atoms with E-state index in [0.29, 0.717) is 17.2 Å². The summed E-state index contributed by atoms with van der Waals surface area (Å²) in [5.74, 6) is -0.763. The van der Waals surface area contributed by atoms with E-state index < -0.39 is 11.7 Å². The Bertz CT molecular complexity index is 912. The molecule has 2 N–H and O–H groups in total. The first-order valence-corrected chi connectivity index (χ1v) is 6.85. The highest BCUT2D eigenvalue weighted by molar-refractivity contribution is 6.04. The van der Waals surface area contributed by atoms with Crippen LogP contribution in [0.15, 0.2) is 53.5 Å². The Balaban J connectivity index is 1.80. The van der Waals surface area contributed by atoms with Crippen molar-refractivity contribution in [2.24, 2.45) is 0 Å². The monoisotopic (exact) mass is 312 g/mol. The number of hydrogen-bond donors (Lipinski definition) is 2. The first-order chi connectivity index (χ1) is 11.0. The smallest absolute Gasteiger partial charge is 0.272 e. The molecule has 3 rings (SSSR count). The minimum absolute atomic E-state index is 0.0483. The molecular weight excluding hydrogens is 299 g/mol. The van der Waals surface area contributed by atoms with Crippen LogP contribution >= 0.6 is 0 Å². The fraction of sp³-hybridized carbons (Fsp3) is 0.0625. The first-order valence-electron chi connectivity index (χ1n) is 6.85. The third-order valence-corrected chi connectivity index (χ3v) is 3.20. The molecule has 0 aliphatic carbocycles. The molecule has 0 radical (unpaired) electrons. The maximum atomic E-state index is 13.6. The Morgan fingerprint density at radius 1 is 1.26 bits per heavy atom. The molecule has 116 valence electrons. The topological polar surface area (TPSA) is 79.8 Å². The van der Waals surface area contributed by atoms with Crippen LogP contribution in [0.5, 0.6) is 0 Å². The lowest BCUT2D eigenvalue weighted by atomic mass is 10.2. The van der Waals surface area contributed by atoms with E-state index in [4.69, 9.17) is 0 Å². The Labute approximate surface area is 130 Å². The van der Waals surface area contributed by atoms with Crippen LogP contribution in [0.4, 0.5) is 10.1 Å². The highest BCUT2D eigenvalue weighted by Crippen LogP contribution is 2.12. The number of halogens is 1. The number of carbonyl (C=O) groups excluding carboxylic acids is 1. The van der Waals surface area contributed by atoms with E-state index in [9.17, 15) is 14.0 Å². The third kappa shape index (κ3) is 3.03. The van der Waals surface area contributed by atoms with Crippen LogP contribution in [0.3, 0.4) is 0 Å². The summed E-state index contributed by atoms with van der Waals surface area (Å²) in [6.45, 7) is 1.76. The molecule has 0 bridgehead atoms. The van der Waals surface area contributed by atoms with E-state index in [-0.39, 0.29) is 11.1 Å². The number of benzene rings is 1. The molecule has 0 spiro atoms. The molecule has 0 fully saturated rings. The number of aryl methyl sites for hydroxylation is 1. The van der Waals surface area contributed by atoms with Crippen LogP contribution in [0, 0.1) is 12.7 Å². The number of aromatic amines is 1. The number of pyridine rings is 1. The summed E-state index contributed by atoms with van der Waals surface area (Å²) >= 11 is 0. The first kappa shape index (κ1) is 14.7. The van der Waals surface area contributed by atoms with Gasteiger partial charge >= 0.3 is 0 Å². The lowest BCUT2D eigenvalue weighted by molar-refractivity contribution is 0.102. The molecule has 6 nitrogen and oxygen atoms in total. The summed E-state index contributed by atoms with van der Waals surface area (Å²) in [5.41, 5.74) is 0.845. The molecule has 0 aliphatic heterocycles. The number of nitrogens with zero attached hydrogens (tertiary/aromatic N) is 2. The molecule has 0 unspecified atom stereocenters. The summed E-state index contributed by atoms with van der Waals surface area (Å²) in [6, 6.07) is 10.3. The number of carbonyl (C=O) groups is 1. The predicted octanol–water partition coefficient (Wildman–Crippen LogP) is 2.26. The van der Waals surface area contributed by atoms with Crippen molar-refractivity contribution in [2.75, 3.05) is 5.32 Å². The maximum absolute atomic E-state index is 13.6. The Kier molecular flexibility index (Phi) is 3.76. The molecule has 2 heterocycles. The van der Waals surface area contributed by atoms with Crippen LogP contribution in [0.25, 0.3) is 5.82 Å². The van der Waals surface area contributed by atoms with E-state index in [1.165, 1.54) is 35.1 Å². The summed E-state index contributed by atoms with van der Waals surface area (Å²) in [6.07, 6.45) is 1.40. The lowest BCUT2D eigenvalue weighted by Crippen LogP contribution is -2.16. The van der Waals surface area contributed by atoms with Gasteiger partial charge in [0.25, 0.3) is 11.5 Å². The second-order valence-electron chi connectivity index (χ2n) is 4.95. The van der Waals surface area contributed by atoms with Gasteiger partial charge in [-0.05, 0) is 31.2 Å². The molecular formula is C16H13FN4O2. The summed E-state index contributed by atoms with van der Waals surface area (Å²) in [4.78, 5) is 27.8. The number of anilines is 1. The van der Waals surface area contributed by atoms with Gasteiger partial charge in [0.1, 0.15) is 5.82 Å². The Morgan fingerprint density at radius 3 is 2.65 bits per heavy atom. The minimum Gasteiger partial charge on any atom is -0.320 e. The van der Waals surface area contributed by atoms with E-state index in [0.717, 1.165) is 0 Å². The number of nitrogens with one attached hydrogen (secondary N) is 2. The zero-order valence-corrected chi connectivity index (χ0v) is 12.2. The van der Waals surface area contributed by atoms with Crippen molar-refractivity contribution in [3.63, 3.8) is 0 Å². The SMILES string of the molecule is Cc1cc(=O)n(-c2ccc(NC(=O)c3ccccc3F)cn2)[nH]1. The summed E-state index contributed by atoms with van der Waals surface area (Å²) in [7, 11) is 0. The molecule has 0 saturated carbocycles. The highest BCUT2D eigenvalue weighted by Gasteiger charge is 2.11. The van der Waals surface area contributed by atoms with Crippen molar-refractivity contribution in [3.8, 4) is 5.82 Å². The normalized spacial score (nSPS) is 10.5. The number of amides is 1. The second-order valence-corrected chi connectivity index (χ2v) is 4.95. The lowest BCUT2D eigenvalue weighted by Gasteiger charge is -2.07. The number of hydrogen-bond acceptors (Lipinski definition) is 3. The number of rotatable bonds is 3. The molecule has 1 aromatic carbocycles. The van der Waals surface area contributed by atoms with Crippen molar-refractivity contribution < 1.29 is 9.18 Å². The standard InChI is InChI=1S/C16H13FN4O2/c1-10-8-15(22)21(20-10)14-7-6-11(9-18-14)19-16(23)12-4-2-3-5-13(12)17/h2-9,20H,1H3,(H,19,23). The zero-order valence-electron chi connectivity index (χ0n) is 12.2. The van der Waals surface area contributed by atoms with Gasteiger partial charge in [-0.3, -0.25) is 14.7 Å². The van der Waals surface area contributed by atoms with Gasteiger partial charge in [0.15, 0.2) is 5.82 Å². The van der Waals surface area contributed by atoms with Crippen molar-refractivity contribution in [3.05, 3.63) is 76.1 Å². The van der Waals surface area contributed by atoms with Crippen LogP contribution < -0.4 is 10.9 Å². The summed E-state index contributed by atoms with van der Waals surface area (Å²) < 4.78 is 14.8. The van der Waals surface area contributed by atoms with Gasteiger partial charge in [-0.2, -0.15) is 0 Å². The molecule has 7 heteroatoms. The van der Waals surface area contributed by atoms with Gasteiger partial charge in [-0.15, -0.1) is 0 Å².